The molecule has 26 heavy (non-hydrogen) atoms. The first kappa shape index (κ1) is 16.7. The van der Waals surface area contributed by atoms with Gasteiger partial charge in [0.05, 0.1) is 5.54 Å². The normalized spacial score (nSPS) is 18.9. The van der Waals surface area contributed by atoms with E-state index in [0.717, 1.165) is 10.5 Å². The van der Waals surface area contributed by atoms with Crippen LogP contribution in [0.1, 0.15) is 18.1 Å². The van der Waals surface area contributed by atoms with Crippen LogP contribution in [0.4, 0.5) is 0 Å². The SMILES string of the molecule is CC1(c2cccc(-c3ccccc3)c2S)C=C(c2ccccc2)C=CN1. The monoisotopic (exact) mass is 355 g/mol. The number of benzene rings is 3. The van der Waals surface area contributed by atoms with Crippen molar-refractivity contribution in [3.63, 3.8) is 0 Å². The summed E-state index contributed by atoms with van der Waals surface area (Å²) >= 11 is 4.91. The van der Waals surface area contributed by atoms with Gasteiger partial charge in [-0.1, -0.05) is 78.9 Å². The average molecular weight is 356 g/mol. The van der Waals surface area contributed by atoms with Gasteiger partial charge < -0.3 is 5.32 Å². The fourth-order valence-corrected chi connectivity index (χ4v) is 3.99. The summed E-state index contributed by atoms with van der Waals surface area (Å²) in [6.07, 6.45) is 6.44. The molecule has 0 saturated heterocycles. The molecule has 1 aliphatic heterocycles. The maximum absolute atomic E-state index is 4.91. The lowest BCUT2D eigenvalue weighted by Gasteiger charge is -2.33. The first-order chi connectivity index (χ1) is 12.7. The summed E-state index contributed by atoms with van der Waals surface area (Å²) in [6, 6.07) is 27.3. The Morgan fingerprint density at radius 3 is 2.12 bits per heavy atom. The molecule has 3 aromatic carbocycles. The van der Waals surface area contributed by atoms with Gasteiger partial charge in [0.1, 0.15) is 0 Å². The second-order valence-electron chi connectivity index (χ2n) is 6.71. The minimum Gasteiger partial charge on any atom is -0.378 e. The van der Waals surface area contributed by atoms with Gasteiger partial charge in [-0.25, -0.2) is 0 Å². The molecular formula is C24H21NS. The summed E-state index contributed by atoms with van der Waals surface area (Å²) < 4.78 is 0. The number of allylic oxidation sites excluding steroid dienone is 2. The van der Waals surface area contributed by atoms with E-state index in [1.165, 1.54) is 22.3 Å². The zero-order chi connectivity index (χ0) is 18.0. The van der Waals surface area contributed by atoms with E-state index in [-0.39, 0.29) is 5.54 Å². The summed E-state index contributed by atoms with van der Waals surface area (Å²) in [4.78, 5) is 1.01. The molecular weight excluding hydrogens is 334 g/mol. The molecule has 1 N–H and O–H groups in total. The Balaban J connectivity index is 1.80. The van der Waals surface area contributed by atoms with Crippen LogP contribution in [0.5, 0.6) is 0 Å². The molecule has 3 aromatic rings. The molecule has 0 radical (unpaired) electrons. The van der Waals surface area contributed by atoms with Crippen molar-refractivity contribution in [3.05, 3.63) is 108 Å². The lowest BCUT2D eigenvalue weighted by Crippen LogP contribution is -2.36. The number of thiol groups is 1. The van der Waals surface area contributed by atoms with Crippen LogP contribution in [0, 0.1) is 0 Å². The highest BCUT2D eigenvalue weighted by Gasteiger charge is 2.28. The van der Waals surface area contributed by atoms with E-state index in [0.29, 0.717) is 0 Å². The van der Waals surface area contributed by atoms with Gasteiger partial charge in [-0.15, -0.1) is 12.6 Å². The van der Waals surface area contributed by atoms with E-state index in [1.807, 2.05) is 18.3 Å². The topological polar surface area (TPSA) is 12.0 Å². The molecule has 1 atom stereocenters. The Morgan fingerprint density at radius 2 is 1.42 bits per heavy atom. The van der Waals surface area contributed by atoms with Crippen LogP contribution in [-0.2, 0) is 5.54 Å². The molecule has 1 heterocycles. The standard InChI is InChI=1S/C24H21NS/c1-24(17-20(15-16-25-24)18-9-4-2-5-10-18)22-14-8-13-21(23(22)26)19-11-6-3-7-12-19/h2-17,25-26H,1H3. The van der Waals surface area contributed by atoms with E-state index >= 15 is 0 Å². The Hall–Kier alpha value is -2.71. The summed E-state index contributed by atoms with van der Waals surface area (Å²) in [5, 5.41) is 3.53. The number of hydrogen-bond donors (Lipinski definition) is 2. The second kappa shape index (κ2) is 6.89. The summed E-state index contributed by atoms with van der Waals surface area (Å²) in [5.41, 5.74) is 5.61. The smallest absolute Gasteiger partial charge is 0.0796 e. The molecule has 0 fully saturated rings. The molecule has 0 saturated carbocycles. The highest BCUT2D eigenvalue weighted by molar-refractivity contribution is 7.80. The highest BCUT2D eigenvalue weighted by Crippen LogP contribution is 2.38. The van der Waals surface area contributed by atoms with Crippen molar-refractivity contribution in [3.8, 4) is 11.1 Å². The molecule has 0 bridgehead atoms. The Labute approximate surface area is 160 Å². The maximum Gasteiger partial charge on any atom is 0.0796 e. The average Bonchev–Trinajstić information content (AvgIpc) is 2.69. The Morgan fingerprint density at radius 1 is 0.769 bits per heavy atom. The van der Waals surface area contributed by atoms with Crippen molar-refractivity contribution >= 4 is 18.2 Å². The number of hydrogen-bond acceptors (Lipinski definition) is 2. The minimum atomic E-state index is -0.318. The fraction of sp³-hybridized carbons (Fsp3) is 0.0833. The van der Waals surface area contributed by atoms with Crippen LogP contribution in [0.15, 0.2) is 102 Å². The van der Waals surface area contributed by atoms with E-state index in [4.69, 9.17) is 12.6 Å². The Bertz CT molecular complexity index is 974. The van der Waals surface area contributed by atoms with Gasteiger partial charge in [0.25, 0.3) is 0 Å². The molecule has 0 spiro atoms. The molecule has 1 nitrogen and oxygen atoms in total. The predicted molar refractivity (Wildman–Crippen MR) is 113 cm³/mol. The minimum absolute atomic E-state index is 0.318. The Kier molecular flexibility index (Phi) is 4.44. The molecule has 0 aromatic heterocycles. The summed E-state index contributed by atoms with van der Waals surface area (Å²) in [7, 11) is 0. The third-order valence-corrected chi connectivity index (χ3v) is 5.36. The van der Waals surface area contributed by atoms with Gasteiger partial charge in [-0.2, -0.15) is 0 Å². The van der Waals surface area contributed by atoms with Gasteiger partial charge in [0, 0.05) is 4.90 Å². The largest absolute Gasteiger partial charge is 0.378 e. The van der Waals surface area contributed by atoms with Crippen LogP contribution in [-0.4, -0.2) is 0 Å². The van der Waals surface area contributed by atoms with Crippen molar-refractivity contribution < 1.29 is 0 Å². The van der Waals surface area contributed by atoms with Gasteiger partial charge in [-0.05, 0) is 53.1 Å². The highest BCUT2D eigenvalue weighted by atomic mass is 32.1. The number of dihydropyridines is 1. The third kappa shape index (κ3) is 3.09. The van der Waals surface area contributed by atoms with E-state index in [1.54, 1.807) is 0 Å². The molecule has 4 rings (SSSR count). The van der Waals surface area contributed by atoms with Crippen molar-refractivity contribution in [2.45, 2.75) is 17.4 Å². The number of nitrogens with one attached hydrogen (secondary N) is 1. The second-order valence-corrected chi connectivity index (χ2v) is 7.16. The van der Waals surface area contributed by atoms with Crippen molar-refractivity contribution in [2.24, 2.45) is 0 Å². The quantitative estimate of drug-likeness (QED) is 0.544. The zero-order valence-electron chi connectivity index (χ0n) is 14.7. The number of rotatable bonds is 3. The van der Waals surface area contributed by atoms with Crippen LogP contribution in [0.3, 0.4) is 0 Å². The van der Waals surface area contributed by atoms with Gasteiger partial charge >= 0.3 is 0 Å². The first-order valence-corrected chi connectivity index (χ1v) is 9.22. The maximum atomic E-state index is 4.91. The summed E-state index contributed by atoms with van der Waals surface area (Å²) in [6.45, 7) is 2.20. The van der Waals surface area contributed by atoms with Gasteiger partial charge in [-0.3, -0.25) is 0 Å². The lowest BCUT2D eigenvalue weighted by atomic mass is 9.85. The molecule has 1 unspecified atom stereocenters. The molecule has 2 heteroatoms. The van der Waals surface area contributed by atoms with Crippen LogP contribution >= 0.6 is 12.6 Å². The molecule has 1 aliphatic rings. The first-order valence-electron chi connectivity index (χ1n) is 8.78. The van der Waals surface area contributed by atoms with Crippen molar-refractivity contribution in [1.29, 1.82) is 0 Å². The fourth-order valence-electron chi connectivity index (χ4n) is 3.48. The van der Waals surface area contributed by atoms with Crippen molar-refractivity contribution in [2.75, 3.05) is 0 Å². The lowest BCUT2D eigenvalue weighted by molar-refractivity contribution is 0.517. The van der Waals surface area contributed by atoms with Gasteiger partial charge in [0.2, 0.25) is 0 Å². The van der Waals surface area contributed by atoms with Gasteiger partial charge in [0.15, 0.2) is 0 Å². The van der Waals surface area contributed by atoms with E-state index in [9.17, 15) is 0 Å². The van der Waals surface area contributed by atoms with E-state index in [2.05, 4.69) is 91.1 Å². The molecule has 0 amide bonds. The molecule has 0 aliphatic carbocycles. The third-order valence-electron chi connectivity index (χ3n) is 4.88. The van der Waals surface area contributed by atoms with Crippen LogP contribution in [0.2, 0.25) is 0 Å². The van der Waals surface area contributed by atoms with Crippen molar-refractivity contribution in [1.82, 2.24) is 5.32 Å². The van der Waals surface area contributed by atoms with Crippen LogP contribution in [0.25, 0.3) is 16.7 Å². The summed E-state index contributed by atoms with van der Waals surface area (Å²) in [5.74, 6) is 0. The van der Waals surface area contributed by atoms with E-state index < -0.39 is 0 Å². The predicted octanol–water partition coefficient (Wildman–Crippen LogP) is 6.06. The van der Waals surface area contributed by atoms with Crippen LogP contribution < -0.4 is 5.32 Å². The zero-order valence-corrected chi connectivity index (χ0v) is 15.6. The molecule has 128 valence electrons.